The van der Waals surface area contributed by atoms with Gasteiger partial charge >= 0.3 is 0 Å². The van der Waals surface area contributed by atoms with Gasteiger partial charge in [-0.2, -0.15) is 0 Å². The molecule has 1 fully saturated rings. The maximum atomic E-state index is 11.6. The summed E-state index contributed by atoms with van der Waals surface area (Å²) in [6, 6.07) is 0. The lowest BCUT2D eigenvalue weighted by Crippen LogP contribution is -2.32. The Morgan fingerprint density at radius 1 is 1.53 bits per heavy atom. The summed E-state index contributed by atoms with van der Waals surface area (Å²) >= 11 is 5.64. The predicted molar refractivity (Wildman–Crippen MR) is 56.7 cm³/mol. The van der Waals surface area contributed by atoms with Crippen molar-refractivity contribution in [2.75, 3.05) is 6.54 Å². The summed E-state index contributed by atoms with van der Waals surface area (Å²) in [5.41, 5.74) is 0.279. The van der Waals surface area contributed by atoms with Crippen molar-refractivity contribution in [2.24, 2.45) is 5.92 Å². The highest BCUT2D eigenvalue weighted by atomic mass is 35.5. The number of aromatic nitrogens is 2. The molecule has 2 rings (SSSR count). The first-order valence-electron chi connectivity index (χ1n) is 5.01. The zero-order chi connectivity index (χ0) is 10.7. The molecule has 0 aromatic carbocycles. The Bertz CT molecular complexity index is 365. The van der Waals surface area contributed by atoms with E-state index in [1.54, 1.807) is 0 Å². The van der Waals surface area contributed by atoms with Crippen LogP contribution in [0.4, 0.5) is 0 Å². The first-order chi connectivity index (χ1) is 7.25. The fraction of sp³-hybridized carbons (Fsp3) is 0.500. The van der Waals surface area contributed by atoms with Crippen LogP contribution in [0, 0.1) is 5.92 Å². The lowest BCUT2D eigenvalue weighted by atomic mass is 9.85. The van der Waals surface area contributed by atoms with E-state index in [0.717, 1.165) is 6.54 Å². The van der Waals surface area contributed by atoms with Gasteiger partial charge in [-0.05, 0) is 18.8 Å². The zero-order valence-electron chi connectivity index (χ0n) is 8.24. The van der Waals surface area contributed by atoms with Crippen LogP contribution in [0.15, 0.2) is 12.4 Å². The normalized spacial score (nSPS) is 15.8. The molecule has 1 saturated carbocycles. The van der Waals surface area contributed by atoms with Crippen molar-refractivity contribution in [1.82, 2.24) is 15.3 Å². The van der Waals surface area contributed by atoms with Gasteiger partial charge in [-0.15, -0.1) is 0 Å². The van der Waals surface area contributed by atoms with Crippen molar-refractivity contribution in [3.63, 3.8) is 0 Å². The van der Waals surface area contributed by atoms with Crippen LogP contribution in [0.1, 0.15) is 29.8 Å². The van der Waals surface area contributed by atoms with Crippen LogP contribution in [0.25, 0.3) is 0 Å². The molecule has 4 nitrogen and oxygen atoms in total. The van der Waals surface area contributed by atoms with E-state index in [2.05, 4.69) is 15.3 Å². The number of carbonyl (C=O) groups is 1. The molecule has 1 amide bonds. The summed E-state index contributed by atoms with van der Waals surface area (Å²) in [5, 5.41) is 3.07. The van der Waals surface area contributed by atoms with Gasteiger partial charge in [0.15, 0.2) is 0 Å². The molecule has 0 unspecified atom stereocenters. The lowest BCUT2D eigenvalue weighted by molar-refractivity contribution is 0.0933. The second-order valence-corrected chi connectivity index (χ2v) is 4.12. The van der Waals surface area contributed by atoms with Crippen molar-refractivity contribution in [3.05, 3.63) is 23.2 Å². The maximum absolute atomic E-state index is 11.6. The van der Waals surface area contributed by atoms with Gasteiger partial charge in [0.25, 0.3) is 5.91 Å². The van der Waals surface area contributed by atoms with E-state index in [1.165, 1.54) is 31.7 Å². The van der Waals surface area contributed by atoms with E-state index in [-0.39, 0.29) is 16.8 Å². The minimum atomic E-state index is -0.197. The average Bonchev–Trinajstić information content (AvgIpc) is 2.15. The Morgan fingerprint density at radius 2 is 2.33 bits per heavy atom. The fourth-order valence-corrected chi connectivity index (χ4v) is 1.62. The van der Waals surface area contributed by atoms with E-state index in [1.807, 2.05) is 0 Å². The molecular formula is C10H12ClN3O. The van der Waals surface area contributed by atoms with Crippen LogP contribution in [0.5, 0.6) is 0 Å². The molecule has 0 radical (unpaired) electrons. The molecule has 0 saturated heterocycles. The lowest BCUT2D eigenvalue weighted by Gasteiger charge is -2.25. The highest BCUT2D eigenvalue weighted by Gasteiger charge is 2.18. The number of rotatable bonds is 3. The number of hydrogen-bond acceptors (Lipinski definition) is 3. The predicted octanol–water partition coefficient (Wildman–Crippen LogP) is 1.66. The van der Waals surface area contributed by atoms with Gasteiger partial charge in [0.05, 0.1) is 12.4 Å². The molecule has 1 aliphatic rings. The van der Waals surface area contributed by atoms with Gasteiger partial charge in [-0.1, -0.05) is 18.0 Å². The number of hydrogen-bond donors (Lipinski definition) is 1. The Kier molecular flexibility index (Phi) is 3.16. The van der Waals surface area contributed by atoms with Crippen molar-refractivity contribution in [3.8, 4) is 0 Å². The first-order valence-corrected chi connectivity index (χ1v) is 5.39. The molecule has 80 valence electrons. The van der Waals surface area contributed by atoms with E-state index in [9.17, 15) is 4.79 Å². The van der Waals surface area contributed by atoms with Crippen molar-refractivity contribution in [2.45, 2.75) is 19.3 Å². The van der Waals surface area contributed by atoms with Crippen LogP contribution < -0.4 is 5.32 Å². The molecule has 0 atom stereocenters. The second kappa shape index (κ2) is 4.57. The van der Waals surface area contributed by atoms with Crippen molar-refractivity contribution in [1.29, 1.82) is 0 Å². The number of amides is 1. The summed E-state index contributed by atoms with van der Waals surface area (Å²) in [5.74, 6) is 0.443. The first kappa shape index (κ1) is 10.4. The Labute approximate surface area is 93.1 Å². The van der Waals surface area contributed by atoms with Crippen LogP contribution in [-0.4, -0.2) is 22.4 Å². The van der Waals surface area contributed by atoms with E-state index in [0.29, 0.717) is 5.92 Å². The highest BCUT2D eigenvalue weighted by molar-refractivity contribution is 6.29. The van der Waals surface area contributed by atoms with Crippen LogP contribution in [0.2, 0.25) is 5.15 Å². The smallest absolute Gasteiger partial charge is 0.271 e. The molecule has 1 N–H and O–H groups in total. The van der Waals surface area contributed by atoms with E-state index >= 15 is 0 Å². The maximum Gasteiger partial charge on any atom is 0.271 e. The fourth-order valence-electron chi connectivity index (χ4n) is 1.48. The highest BCUT2D eigenvalue weighted by Crippen LogP contribution is 2.25. The van der Waals surface area contributed by atoms with Crippen molar-refractivity contribution >= 4 is 17.5 Å². The molecule has 15 heavy (non-hydrogen) atoms. The summed E-state index contributed by atoms with van der Waals surface area (Å²) in [6.07, 6.45) is 6.52. The third kappa shape index (κ3) is 2.65. The zero-order valence-corrected chi connectivity index (χ0v) is 9.00. The third-order valence-electron chi connectivity index (χ3n) is 2.61. The van der Waals surface area contributed by atoms with E-state index in [4.69, 9.17) is 11.6 Å². The Hall–Kier alpha value is -1.16. The number of nitrogens with zero attached hydrogens (tertiary/aromatic N) is 2. The van der Waals surface area contributed by atoms with Gasteiger partial charge < -0.3 is 5.32 Å². The van der Waals surface area contributed by atoms with Crippen molar-refractivity contribution < 1.29 is 4.79 Å². The summed E-state index contributed by atoms with van der Waals surface area (Å²) in [7, 11) is 0. The largest absolute Gasteiger partial charge is 0.350 e. The standard InChI is InChI=1S/C10H12ClN3O/c11-9-6-12-5-8(14-9)10(15)13-4-7-2-1-3-7/h5-7H,1-4H2,(H,13,15). The Balaban J connectivity index is 1.89. The third-order valence-corrected chi connectivity index (χ3v) is 2.80. The van der Waals surface area contributed by atoms with Gasteiger partial charge in [-0.3, -0.25) is 9.78 Å². The topological polar surface area (TPSA) is 54.9 Å². The monoisotopic (exact) mass is 225 g/mol. The summed E-state index contributed by atoms with van der Waals surface area (Å²) < 4.78 is 0. The van der Waals surface area contributed by atoms with Crippen LogP contribution in [-0.2, 0) is 0 Å². The van der Waals surface area contributed by atoms with Crippen LogP contribution >= 0.6 is 11.6 Å². The quantitative estimate of drug-likeness (QED) is 0.851. The molecule has 5 heteroatoms. The van der Waals surface area contributed by atoms with Gasteiger partial charge in [0.1, 0.15) is 10.8 Å². The molecule has 1 heterocycles. The van der Waals surface area contributed by atoms with Gasteiger partial charge in [0.2, 0.25) is 0 Å². The molecule has 0 aliphatic heterocycles. The number of halogens is 1. The average molecular weight is 226 g/mol. The second-order valence-electron chi connectivity index (χ2n) is 3.73. The molecular weight excluding hydrogens is 214 g/mol. The number of nitrogens with one attached hydrogen (secondary N) is 1. The molecule has 0 spiro atoms. The SMILES string of the molecule is O=C(NCC1CCC1)c1cncc(Cl)n1. The molecule has 1 aromatic rings. The van der Waals surface area contributed by atoms with E-state index < -0.39 is 0 Å². The molecule has 0 bridgehead atoms. The molecule has 1 aromatic heterocycles. The number of carbonyl (C=O) groups excluding carboxylic acids is 1. The molecule has 1 aliphatic carbocycles. The summed E-state index contributed by atoms with van der Waals surface area (Å²) in [6.45, 7) is 0.729. The minimum absolute atomic E-state index is 0.197. The van der Waals surface area contributed by atoms with Gasteiger partial charge in [-0.25, -0.2) is 4.98 Å². The van der Waals surface area contributed by atoms with Gasteiger partial charge in [0, 0.05) is 6.54 Å². The van der Waals surface area contributed by atoms with Crippen LogP contribution in [0.3, 0.4) is 0 Å². The Morgan fingerprint density at radius 3 is 2.93 bits per heavy atom. The minimum Gasteiger partial charge on any atom is -0.350 e. The summed E-state index contributed by atoms with van der Waals surface area (Å²) in [4.78, 5) is 19.3.